The van der Waals surface area contributed by atoms with Crippen LogP contribution in [0.25, 0.3) is 0 Å². The van der Waals surface area contributed by atoms with Crippen LogP contribution in [0.4, 0.5) is 5.82 Å². The first kappa shape index (κ1) is 15.0. The normalized spacial score (nSPS) is 11.3. The van der Waals surface area contributed by atoms with E-state index in [0.717, 1.165) is 19.3 Å². The van der Waals surface area contributed by atoms with Gasteiger partial charge in [0.2, 0.25) is 0 Å². The van der Waals surface area contributed by atoms with Gasteiger partial charge in [-0.2, -0.15) is 0 Å². The number of carbonyl (C=O) groups is 1. The van der Waals surface area contributed by atoms with Gasteiger partial charge in [0.15, 0.2) is 0 Å². The molecule has 0 fully saturated rings. The summed E-state index contributed by atoms with van der Waals surface area (Å²) in [5.41, 5.74) is 0.106. The second-order valence-corrected chi connectivity index (χ2v) is 5.24. The number of carboxylic acids is 1. The summed E-state index contributed by atoms with van der Waals surface area (Å²) in [6.45, 7) is 6.29. The van der Waals surface area contributed by atoms with E-state index in [1.807, 2.05) is 0 Å². The number of halogens is 1. The zero-order valence-electron chi connectivity index (χ0n) is 11.0. The van der Waals surface area contributed by atoms with Crippen LogP contribution in [0.1, 0.15) is 50.4 Å². The van der Waals surface area contributed by atoms with Crippen LogP contribution in [0, 0.1) is 0 Å². The van der Waals surface area contributed by atoms with Gasteiger partial charge < -0.3 is 10.4 Å². The van der Waals surface area contributed by atoms with Crippen molar-refractivity contribution in [1.82, 2.24) is 4.98 Å². The van der Waals surface area contributed by atoms with Crippen LogP contribution in [-0.2, 0) is 0 Å². The molecule has 0 atom stereocenters. The zero-order chi connectivity index (χ0) is 13.8. The fraction of sp³-hybridized carbons (Fsp3) is 0.538. The Kier molecular flexibility index (Phi) is 5.14. The summed E-state index contributed by atoms with van der Waals surface area (Å²) in [5, 5.41) is 12.5. The van der Waals surface area contributed by atoms with E-state index in [0.29, 0.717) is 10.3 Å². The molecule has 0 amide bonds. The predicted octanol–water partition coefficient (Wildman–Crippen LogP) is 3.92. The lowest BCUT2D eigenvalue weighted by Crippen LogP contribution is -2.37. The maximum absolute atomic E-state index is 11.2. The SMILES string of the molecule is CCC(CC)(CC)Nc1ncc(Br)cc1C(=O)O. The lowest BCUT2D eigenvalue weighted by Gasteiger charge is -2.32. The summed E-state index contributed by atoms with van der Waals surface area (Å²) >= 11 is 3.24. The maximum atomic E-state index is 11.2. The van der Waals surface area contributed by atoms with Gasteiger partial charge in [0.1, 0.15) is 11.4 Å². The number of anilines is 1. The monoisotopic (exact) mass is 314 g/mol. The topological polar surface area (TPSA) is 62.2 Å². The molecule has 0 unspecified atom stereocenters. The van der Waals surface area contributed by atoms with Crippen LogP contribution in [0.5, 0.6) is 0 Å². The van der Waals surface area contributed by atoms with Crippen molar-refractivity contribution in [2.75, 3.05) is 5.32 Å². The molecule has 0 aliphatic heterocycles. The highest BCUT2D eigenvalue weighted by Crippen LogP contribution is 2.27. The van der Waals surface area contributed by atoms with Gasteiger partial charge in [-0.15, -0.1) is 0 Å². The van der Waals surface area contributed by atoms with Gasteiger partial charge in [0.05, 0.1) is 0 Å². The number of pyridine rings is 1. The molecule has 0 radical (unpaired) electrons. The Morgan fingerprint density at radius 1 is 1.39 bits per heavy atom. The Hall–Kier alpha value is -1.10. The molecule has 2 N–H and O–H groups in total. The molecule has 100 valence electrons. The van der Waals surface area contributed by atoms with Gasteiger partial charge in [-0.05, 0) is 41.3 Å². The maximum Gasteiger partial charge on any atom is 0.339 e. The first-order valence-corrected chi connectivity index (χ1v) is 6.94. The van der Waals surface area contributed by atoms with E-state index in [-0.39, 0.29) is 11.1 Å². The Labute approximate surface area is 116 Å². The summed E-state index contributed by atoms with van der Waals surface area (Å²) in [5.74, 6) is -0.528. The van der Waals surface area contributed by atoms with Crippen molar-refractivity contribution < 1.29 is 9.90 Å². The van der Waals surface area contributed by atoms with E-state index < -0.39 is 5.97 Å². The molecular formula is C13H19BrN2O2. The molecule has 0 aliphatic carbocycles. The van der Waals surface area contributed by atoms with Crippen molar-refractivity contribution in [3.63, 3.8) is 0 Å². The fourth-order valence-electron chi connectivity index (χ4n) is 1.97. The second kappa shape index (κ2) is 6.18. The summed E-state index contributed by atoms with van der Waals surface area (Å²) in [7, 11) is 0. The minimum atomic E-state index is -0.969. The molecule has 1 aromatic rings. The average Bonchev–Trinajstić information content (AvgIpc) is 2.37. The predicted molar refractivity (Wildman–Crippen MR) is 76.1 cm³/mol. The number of hydrogen-bond donors (Lipinski definition) is 2. The molecule has 1 heterocycles. The van der Waals surface area contributed by atoms with Crippen molar-refractivity contribution in [1.29, 1.82) is 0 Å². The van der Waals surface area contributed by atoms with Crippen LogP contribution in [0.15, 0.2) is 16.7 Å². The number of aromatic carboxylic acids is 1. The highest BCUT2D eigenvalue weighted by Gasteiger charge is 2.26. The van der Waals surface area contributed by atoms with Gasteiger partial charge >= 0.3 is 5.97 Å². The first-order chi connectivity index (χ1) is 8.48. The number of nitrogens with zero attached hydrogens (tertiary/aromatic N) is 1. The van der Waals surface area contributed by atoms with Crippen molar-refractivity contribution in [3.8, 4) is 0 Å². The second-order valence-electron chi connectivity index (χ2n) is 4.32. The van der Waals surface area contributed by atoms with Crippen molar-refractivity contribution in [3.05, 3.63) is 22.3 Å². The smallest absolute Gasteiger partial charge is 0.339 e. The van der Waals surface area contributed by atoms with Gasteiger partial charge in [-0.3, -0.25) is 0 Å². The van der Waals surface area contributed by atoms with Crippen molar-refractivity contribution in [2.24, 2.45) is 0 Å². The van der Waals surface area contributed by atoms with Gasteiger partial charge in [0, 0.05) is 16.2 Å². The fourth-order valence-corrected chi connectivity index (χ4v) is 2.30. The Balaban J connectivity index is 3.13. The molecule has 0 bridgehead atoms. The molecule has 0 aromatic carbocycles. The first-order valence-electron chi connectivity index (χ1n) is 6.15. The number of nitrogens with one attached hydrogen (secondary N) is 1. The van der Waals surface area contributed by atoms with Crippen molar-refractivity contribution >= 4 is 27.7 Å². The van der Waals surface area contributed by atoms with Crippen LogP contribution < -0.4 is 5.32 Å². The third-order valence-corrected chi connectivity index (χ3v) is 3.93. The molecule has 1 rings (SSSR count). The summed E-state index contributed by atoms with van der Waals surface area (Å²) in [6.07, 6.45) is 4.39. The molecule has 0 aliphatic rings. The molecule has 18 heavy (non-hydrogen) atoms. The van der Waals surface area contributed by atoms with E-state index in [2.05, 4.69) is 47.0 Å². The highest BCUT2D eigenvalue weighted by atomic mass is 79.9. The molecule has 0 saturated carbocycles. The Morgan fingerprint density at radius 2 is 1.94 bits per heavy atom. The van der Waals surface area contributed by atoms with Gasteiger partial charge in [0.25, 0.3) is 0 Å². The molecule has 1 aromatic heterocycles. The van der Waals surface area contributed by atoms with Crippen molar-refractivity contribution in [2.45, 2.75) is 45.6 Å². The summed E-state index contributed by atoms with van der Waals surface area (Å²) < 4.78 is 0.667. The van der Waals surface area contributed by atoms with Crippen LogP contribution in [0.2, 0.25) is 0 Å². The molecular weight excluding hydrogens is 296 g/mol. The third kappa shape index (κ3) is 3.22. The minimum absolute atomic E-state index is 0.0922. The summed E-state index contributed by atoms with van der Waals surface area (Å²) in [4.78, 5) is 15.4. The van der Waals surface area contributed by atoms with E-state index in [1.165, 1.54) is 0 Å². The summed E-state index contributed by atoms with van der Waals surface area (Å²) in [6, 6.07) is 1.57. The number of carboxylic acid groups (broad SMARTS) is 1. The van der Waals surface area contributed by atoms with E-state index in [9.17, 15) is 9.90 Å². The average molecular weight is 315 g/mol. The van der Waals surface area contributed by atoms with Gasteiger partial charge in [-0.25, -0.2) is 9.78 Å². The molecule has 5 heteroatoms. The lowest BCUT2D eigenvalue weighted by atomic mass is 9.89. The largest absolute Gasteiger partial charge is 0.478 e. The zero-order valence-corrected chi connectivity index (χ0v) is 12.5. The van der Waals surface area contributed by atoms with E-state index >= 15 is 0 Å². The lowest BCUT2D eigenvalue weighted by molar-refractivity contribution is 0.0697. The van der Waals surface area contributed by atoms with Crippen LogP contribution in [0.3, 0.4) is 0 Å². The molecule has 0 saturated heterocycles. The number of aromatic nitrogens is 1. The third-order valence-electron chi connectivity index (χ3n) is 3.50. The number of rotatable bonds is 6. The Bertz CT molecular complexity index is 423. The quantitative estimate of drug-likeness (QED) is 0.835. The number of hydrogen-bond acceptors (Lipinski definition) is 3. The Morgan fingerprint density at radius 3 is 2.39 bits per heavy atom. The minimum Gasteiger partial charge on any atom is -0.478 e. The van der Waals surface area contributed by atoms with E-state index in [4.69, 9.17) is 0 Å². The van der Waals surface area contributed by atoms with E-state index in [1.54, 1.807) is 12.3 Å². The molecule has 4 nitrogen and oxygen atoms in total. The van der Waals surface area contributed by atoms with Crippen LogP contribution >= 0.6 is 15.9 Å². The molecule has 0 spiro atoms. The van der Waals surface area contributed by atoms with Crippen LogP contribution in [-0.4, -0.2) is 21.6 Å². The van der Waals surface area contributed by atoms with Gasteiger partial charge in [-0.1, -0.05) is 20.8 Å². The highest BCUT2D eigenvalue weighted by molar-refractivity contribution is 9.10. The standard InChI is InChI=1S/C13H19BrN2O2/c1-4-13(5-2,6-3)16-11-10(12(17)18)7-9(14)8-15-11/h7-8H,4-6H2,1-3H3,(H,15,16)(H,17,18).